The highest BCUT2D eigenvalue weighted by molar-refractivity contribution is 6.32. The Labute approximate surface area is 647 Å². The molecule has 0 saturated heterocycles. The average molecular weight is 1550 g/mol. The van der Waals surface area contributed by atoms with E-state index in [4.69, 9.17) is 42.3 Å². The fourth-order valence-corrected chi connectivity index (χ4v) is 13.6. The second-order valence-electron chi connectivity index (χ2n) is 28.8. The Morgan fingerprint density at radius 3 is 1.67 bits per heavy atom. The van der Waals surface area contributed by atoms with E-state index in [1.807, 2.05) is 89.2 Å². The number of nitrogens with zero attached hydrogens (tertiary/aromatic N) is 7. The maximum absolute atomic E-state index is 15.5. The van der Waals surface area contributed by atoms with E-state index < -0.39 is 89.3 Å². The fourth-order valence-electron chi connectivity index (χ4n) is 13.4. The molecule has 586 valence electrons. The number of allylic oxidation sites excluding steroid dienone is 2. The third-order valence-electron chi connectivity index (χ3n) is 18.5. The van der Waals surface area contributed by atoms with E-state index >= 15 is 17.6 Å². The second-order valence-corrected chi connectivity index (χ2v) is 29.3. The molecule has 0 saturated carbocycles. The quantitative estimate of drug-likeness (QED) is 0.0130. The van der Waals surface area contributed by atoms with Crippen LogP contribution in [0.15, 0.2) is 132 Å². The molecule has 0 spiro atoms. The SMILES string of the molecule is CC(=O)c1nc(-c2ccc(CC(CCO)c3c(C(N)=O)ccc(OC(C)CF)c3C#N)cc2)cn1C.CC(C)Oc1ccc(C(N)=O)c(C(CCO)Cc2c(F)c(F)c(-c3cn(C)c(C(C)(C)C)n3)c(F)c2F)c1C#N.CC1=CC=CC2NC(c3ccc(CC(CCO)NC(=O)c4ccc(OC(C)C)c(Cl)c4)cc3)=NC12. The Kier molecular flexibility index (Phi) is 29.3. The number of ether oxygens (including phenoxy) is 3. The number of ketones is 1. The summed E-state index contributed by atoms with van der Waals surface area (Å²) in [7, 11) is 3.37. The van der Waals surface area contributed by atoms with Crippen LogP contribution in [0.5, 0.6) is 17.2 Å². The number of carbonyl (C=O) groups excluding carboxylic acids is 4. The number of amidine groups is 1. The third kappa shape index (κ3) is 20.9. The van der Waals surface area contributed by atoms with Gasteiger partial charge in [0.1, 0.15) is 53.8 Å². The molecule has 6 aromatic carbocycles. The molecule has 1 aliphatic heterocycles. The van der Waals surface area contributed by atoms with Crippen LogP contribution in [0.2, 0.25) is 5.02 Å². The standard InChI is InChI=1S/C29H32F4N4O3.C28H32ClN3O3.C27H29FN4O4/c1-14(2)40-20-8-7-16(27(35)39)21(18(20)12-34)15(9-10-38)11-17-23(30)25(32)22(26(33)24(17)31)19-13-37(6)28(36-19)29(3,4)5;1-17(2)35-25-12-11-21(16-23(25)29)28(34)30-22(13-14-33)15-19-7-9-20(10-8-19)27-31-24-6-4-5-18(3)26(24)32-27;1-16(13-28)36-24-9-8-21(26(30)35)25(22(24)14-29)20(10-11-33)12-18-4-6-19(7-5-18)23-15-32(3)27(31-23)17(2)34/h7-8,13-15,38H,9-11H2,1-6H3,(H2,35,39);4-12,16-17,22,24,26,33H,13-15H2,1-3H3,(H,30,34)(H,31,32);4-9,15-16,20,33H,10-13H2,1-3H3,(H2,30,35). The summed E-state index contributed by atoms with van der Waals surface area (Å²) in [5.74, 6) is -7.63. The molecule has 9 N–H and O–H groups in total. The minimum atomic E-state index is -1.64. The Morgan fingerprint density at radius 2 is 1.19 bits per heavy atom. The summed E-state index contributed by atoms with van der Waals surface area (Å²) in [6.45, 7) is 16.4. The lowest BCUT2D eigenvalue weighted by Gasteiger charge is -2.23. The summed E-state index contributed by atoms with van der Waals surface area (Å²) in [5, 5.41) is 55.8. The van der Waals surface area contributed by atoms with Gasteiger partial charge in [-0.25, -0.2) is 31.9 Å². The number of aliphatic hydroxyl groups is 3. The van der Waals surface area contributed by atoms with Gasteiger partial charge in [-0.1, -0.05) is 99.1 Å². The van der Waals surface area contributed by atoms with Gasteiger partial charge in [0.25, 0.3) is 5.91 Å². The van der Waals surface area contributed by atoms with Crippen molar-refractivity contribution >= 4 is 40.9 Å². The monoisotopic (exact) mass is 1550 g/mol. The molecule has 2 aromatic heterocycles. The van der Waals surface area contributed by atoms with Crippen molar-refractivity contribution in [1.82, 2.24) is 29.7 Å². The molecule has 6 atom stereocenters. The van der Waals surface area contributed by atoms with Gasteiger partial charge in [-0.2, -0.15) is 10.5 Å². The lowest BCUT2D eigenvalue weighted by Crippen LogP contribution is -2.37. The highest BCUT2D eigenvalue weighted by Crippen LogP contribution is 2.41. The summed E-state index contributed by atoms with van der Waals surface area (Å²) >= 11 is 6.30. The lowest BCUT2D eigenvalue weighted by atomic mass is 9.82. The van der Waals surface area contributed by atoms with Crippen LogP contribution >= 0.6 is 11.6 Å². The summed E-state index contributed by atoms with van der Waals surface area (Å²) < 4.78 is 94.9. The Hall–Kier alpha value is -11.0. The van der Waals surface area contributed by atoms with E-state index in [0.717, 1.165) is 28.1 Å². The van der Waals surface area contributed by atoms with Crippen LogP contribution in [0.1, 0.15) is 192 Å². The number of Topliss-reactive ketones (excluding diaryl/α,β-unsaturated/α-hetero) is 1. The molecule has 111 heavy (non-hydrogen) atoms. The molecular formula is C84H93ClF5N11O10. The molecule has 0 fully saturated rings. The number of aliphatic imine (C=N–C) groups is 1. The number of aryl methyl sites for hydroxylation is 2. The fraction of sp³-hybridized carbons (Fsp3) is 0.369. The number of carbonyl (C=O) groups is 4. The Balaban J connectivity index is 0.000000210. The predicted octanol–water partition coefficient (Wildman–Crippen LogP) is 13.6. The number of fused-ring (bicyclic) bond motifs is 1. The summed E-state index contributed by atoms with van der Waals surface area (Å²) in [6.07, 6.45) is 9.05. The molecule has 1 aliphatic carbocycles. The molecule has 6 unspecified atom stereocenters. The number of hydrogen-bond acceptors (Lipinski definition) is 16. The number of nitrogens with one attached hydrogen (secondary N) is 2. The van der Waals surface area contributed by atoms with Gasteiger partial charge in [0.15, 0.2) is 34.9 Å². The molecular weight excluding hydrogens is 1450 g/mol. The smallest absolute Gasteiger partial charge is 0.251 e. The number of primary amides is 2. The van der Waals surface area contributed by atoms with Gasteiger partial charge in [0, 0.05) is 98.1 Å². The predicted molar refractivity (Wildman–Crippen MR) is 414 cm³/mol. The zero-order valence-corrected chi connectivity index (χ0v) is 64.7. The van der Waals surface area contributed by atoms with Crippen molar-refractivity contribution in [2.24, 2.45) is 30.6 Å². The molecule has 0 radical (unpaired) electrons. The number of benzene rings is 6. The van der Waals surface area contributed by atoms with Crippen molar-refractivity contribution in [2.75, 3.05) is 26.5 Å². The van der Waals surface area contributed by atoms with Crippen molar-refractivity contribution in [3.05, 3.63) is 228 Å². The van der Waals surface area contributed by atoms with Crippen molar-refractivity contribution in [3.8, 4) is 51.9 Å². The summed E-state index contributed by atoms with van der Waals surface area (Å²) in [6, 6.07) is 30.5. The van der Waals surface area contributed by atoms with Crippen molar-refractivity contribution in [2.45, 2.75) is 161 Å². The first-order chi connectivity index (χ1) is 52.7. The van der Waals surface area contributed by atoms with Crippen LogP contribution in [0, 0.1) is 45.9 Å². The third-order valence-corrected chi connectivity index (χ3v) is 18.8. The van der Waals surface area contributed by atoms with Crippen molar-refractivity contribution in [1.29, 1.82) is 10.5 Å². The van der Waals surface area contributed by atoms with E-state index in [-0.39, 0.29) is 113 Å². The summed E-state index contributed by atoms with van der Waals surface area (Å²) in [5.41, 5.74) is 15.0. The Morgan fingerprint density at radius 1 is 0.676 bits per heavy atom. The number of nitrogens with two attached hydrogens (primary N) is 2. The van der Waals surface area contributed by atoms with E-state index in [1.165, 1.54) is 54.4 Å². The molecule has 21 nitrogen and oxygen atoms in total. The number of nitriles is 2. The molecule has 0 bridgehead atoms. The Bertz CT molecular complexity index is 4870. The second kappa shape index (κ2) is 38.1. The number of halogens is 6. The van der Waals surface area contributed by atoms with Crippen LogP contribution in [0.4, 0.5) is 22.0 Å². The normalized spacial score (nSPS) is 14.7. The highest BCUT2D eigenvalue weighted by atomic mass is 35.5. The zero-order valence-electron chi connectivity index (χ0n) is 64.0. The van der Waals surface area contributed by atoms with Gasteiger partial charge in [-0.05, 0) is 162 Å². The molecule has 3 amide bonds. The van der Waals surface area contributed by atoms with Gasteiger partial charge in [0.2, 0.25) is 11.8 Å². The summed E-state index contributed by atoms with van der Waals surface area (Å²) in [4.78, 5) is 62.6. The molecule has 27 heteroatoms. The van der Waals surface area contributed by atoms with Crippen molar-refractivity contribution in [3.63, 3.8) is 0 Å². The molecule has 10 rings (SSSR count). The van der Waals surface area contributed by atoms with Crippen LogP contribution in [-0.4, -0.2) is 127 Å². The van der Waals surface area contributed by atoms with Crippen LogP contribution in [-0.2, 0) is 38.8 Å². The number of imidazole rings is 2. The maximum Gasteiger partial charge on any atom is 0.251 e. The first-order valence-corrected chi connectivity index (χ1v) is 36.6. The maximum atomic E-state index is 15.5. The number of aliphatic hydroxyl groups excluding tert-OH is 3. The van der Waals surface area contributed by atoms with Crippen LogP contribution in [0.25, 0.3) is 22.5 Å². The number of alkyl halides is 1. The minimum Gasteiger partial charge on any atom is -0.490 e. The lowest BCUT2D eigenvalue weighted by molar-refractivity contribution is 0.0927. The average Bonchev–Trinajstić information content (AvgIpc) is 1.74. The van der Waals surface area contributed by atoms with Gasteiger partial charge < -0.3 is 60.8 Å². The molecule has 8 aromatic rings. The first-order valence-electron chi connectivity index (χ1n) is 36.2. The van der Waals surface area contributed by atoms with E-state index in [1.54, 1.807) is 56.9 Å². The zero-order chi connectivity index (χ0) is 81.5. The number of amides is 3. The van der Waals surface area contributed by atoms with Gasteiger partial charge >= 0.3 is 0 Å². The number of rotatable bonds is 29. The van der Waals surface area contributed by atoms with Crippen LogP contribution in [0.3, 0.4) is 0 Å². The topological polar surface area (TPSA) is 328 Å². The van der Waals surface area contributed by atoms with Crippen LogP contribution < -0.4 is 36.3 Å². The molecule has 3 heterocycles. The van der Waals surface area contributed by atoms with Crippen molar-refractivity contribution < 1.29 is 70.7 Å². The molecule has 2 aliphatic rings. The largest absolute Gasteiger partial charge is 0.490 e. The number of hydrogen-bond donors (Lipinski definition) is 7. The minimum absolute atomic E-state index is 0.00838. The van der Waals surface area contributed by atoms with E-state index in [0.29, 0.717) is 58.5 Å². The van der Waals surface area contributed by atoms with E-state index in [9.17, 15) is 49.4 Å². The number of aromatic nitrogens is 4. The van der Waals surface area contributed by atoms with Gasteiger partial charge in [-0.15, -0.1) is 0 Å². The first kappa shape index (κ1) is 85.6. The van der Waals surface area contributed by atoms with Gasteiger partial charge in [0.05, 0.1) is 57.4 Å². The highest BCUT2D eigenvalue weighted by Gasteiger charge is 2.35. The van der Waals surface area contributed by atoms with Gasteiger partial charge in [-0.3, -0.25) is 24.2 Å². The van der Waals surface area contributed by atoms with E-state index in [2.05, 4.69) is 51.8 Å².